The monoisotopic (exact) mass is 256 g/mol. The predicted molar refractivity (Wildman–Crippen MR) is 76.7 cm³/mol. The third-order valence-corrected chi connectivity index (χ3v) is 3.09. The van der Waals surface area contributed by atoms with Crippen molar-refractivity contribution in [3.63, 3.8) is 0 Å². The van der Waals surface area contributed by atoms with Gasteiger partial charge in [-0.2, -0.15) is 0 Å². The molecule has 0 atom stereocenters. The fraction of sp³-hybridized carbons (Fsp3) is 0.312. The number of aromatic nitrogens is 1. The number of hydrogen-bond donors (Lipinski definition) is 1. The van der Waals surface area contributed by atoms with E-state index >= 15 is 0 Å². The van der Waals surface area contributed by atoms with Crippen LogP contribution in [0.4, 0.5) is 0 Å². The first-order valence-electron chi connectivity index (χ1n) is 6.62. The number of carbonyl (C=O) groups is 1. The summed E-state index contributed by atoms with van der Waals surface area (Å²) in [7, 11) is 0. The molecule has 3 heteroatoms. The lowest BCUT2D eigenvalue weighted by Gasteiger charge is -2.11. The van der Waals surface area contributed by atoms with Crippen LogP contribution < -0.4 is 5.32 Å². The number of benzene rings is 1. The molecular weight excluding hydrogens is 236 g/mol. The van der Waals surface area contributed by atoms with Gasteiger partial charge in [-0.25, -0.2) is 0 Å². The van der Waals surface area contributed by atoms with E-state index in [0.717, 1.165) is 12.2 Å². The summed E-state index contributed by atoms with van der Waals surface area (Å²) in [5.41, 5.74) is 2.38. The molecule has 1 heterocycles. The van der Waals surface area contributed by atoms with Gasteiger partial charge in [0.1, 0.15) is 0 Å². The molecule has 2 aromatic rings. The van der Waals surface area contributed by atoms with Crippen LogP contribution in [-0.4, -0.2) is 10.5 Å². The highest BCUT2D eigenvalue weighted by atomic mass is 16.1. The van der Waals surface area contributed by atoms with Crippen LogP contribution in [0, 0.1) is 5.92 Å². The fourth-order valence-electron chi connectivity index (χ4n) is 1.93. The lowest BCUT2D eigenvalue weighted by molar-refractivity contribution is -0.124. The molecule has 0 aliphatic rings. The van der Waals surface area contributed by atoms with E-state index in [1.165, 1.54) is 5.56 Å². The van der Waals surface area contributed by atoms with E-state index in [-0.39, 0.29) is 11.8 Å². The second-order valence-corrected chi connectivity index (χ2v) is 4.99. The van der Waals surface area contributed by atoms with Crippen molar-refractivity contribution in [2.24, 2.45) is 5.92 Å². The number of carbonyl (C=O) groups excluding carboxylic acids is 1. The average molecular weight is 256 g/mol. The van der Waals surface area contributed by atoms with E-state index in [0.29, 0.717) is 6.54 Å². The third-order valence-electron chi connectivity index (χ3n) is 3.09. The van der Waals surface area contributed by atoms with Crippen molar-refractivity contribution in [3.8, 4) is 0 Å². The molecule has 1 aromatic carbocycles. The van der Waals surface area contributed by atoms with Gasteiger partial charge in [-0.1, -0.05) is 44.2 Å². The van der Waals surface area contributed by atoms with Gasteiger partial charge in [0.15, 0.2) is 0 Å². The molecule has 3 nitrogen and oxygen atoms in total. The topological polar surface area (TPSA) is 34.0 Å². The van der Waals surface area contributed by atoms with Gasteiger partial charge in [0.2, 0.25) is 5.91 Å². The normalized spacial score (nSPS) is 10.7. The maximum Gasteiger partial charge on any atom is 0.222 e. The average Bonchev–Trinajstić information content (AvgIpc) is 2.84. The molecule has 1 N–H and O–H groups in total. The molecule has 0 radical (unpaired) electrons. The maximum atomic E-state index is 11.6. The standard InChI is InChI=1S/C16H20N2O/c1-13(2)16(19)17-11-15-9-6-10-18(15)12-14-7-4-3-5-8-14/h3-10,13H,11-12H2,1-2H3,(H,17,19). The summed E-state index contributed by atoms with van der Waals surface area (Å²) < 4.78 is 2.16. The van der Waals surface area contributed by atoms with Crippen LogP contribution in [0.3, 0.4) is 0 Å². The Morgan fingerprint density at radius 1 is 1.16 bits per heavy atom. The molecule has 1 amide bonds. The summed E-state index contributed by atoms with van der Waals surface area (Å²) in [5, 5.41) is 2.95. The van der Waals surface area contributed by atoms with Crippen molar-refractivity contribution in [1.29, 1.82) is 0 Å². The number of nitrogens with zero attached hydrogens (tertiary/aromatic N) is 1. The Hall–Kier alpha value is -2.03. The highest BCUT2D eigenvalue weighted by Gasteiger charge is 2.07. The Labute approximate surface area is 114 Å². The predicted octanol–water partition coefficient (Wildman–Crippen LogP) is 2.81. The van der Waals surface area contributed by atoms with Gasteiger partial charge >= 0.3 is 0 Å². The van der Waals surface area contributed by atoms with Crippen LogP contribution in [0.25, 0.3) is 0 Å². The zero-order chi connectivity index (χ0) is 13.7. The van der Waals surface area contributed by atoms with Gasteiger partial charge < -0.3 is 9.88 Å². The second kappa shape index (κ2) is 6.23. The molecule has 19 heavy (non-hydrogen) atoms. The minimum atomic E-state index is 0.0255. The molecule has 2 rings (SSSR count). The summed E-state index contributed by atoms with van der Waals surface area (Å²) in [6.45, 7) is 5.22. The van der Waals surface area contributed by atoms with Crippen LogP contribution in [0.5, 0.6) is 0 Å². The van der Waals surface area contributed by atoms with E-state index in [9.17, 15) is 4.79 Å². The number of rotatable bonds is 5. The molecule has 0 unspecified atom stereocenters. The van der Waals surface area contributed by atoms with Gasteiger partial charge in [0.25, 0.3) is 0 Å². The van der Waals surface area contributed by atoms with Crippen molar-refractivity contribution >= 4 is 5.91 Å². The number of hydrogen-bond acceptors (Lipinski definition) is 1. The first kappa shape index (κ1) is 13.4. The van der Waals surface area contributed by atoms with Crippen LogP contribution in [-0.2, 0) is 17.9 Å². The van der Waals surface area contributed by atoms with E-state index in [1.54, 1.807) is 0 Å². The molecule has 0 spiro atoms. The first-order valence-corrected chi connectivity index (χ1v) is 6.62. The molecular formula is C16H20N2O. The number of nitrogens with one attached hydrogen (secondary N) is 1. The zero-order valence-electron chi connectivity index (χ0n) is 11.5. The SMILES string of the molecule is CC(C)C(=O)NCc1cccn1Cc1ccccc1. The van der Waals surface area contributed by atoms with Gasteiger partial charge in [0.05, 0.1) is 6.54 Å². The molecule has 100 valence electrons. The quantitative estimate of drug-likeness (QED) is 0.877. The van der Waals surface area contributed by atoms with Gasteiger partial charge in [-0.05, 0) is 17.7 Å². The minimum Gasteiger partial charge on any atom is -0.350 e. The smallest absolute Gasteiger partial charge is 0.222 e. The zero-order valence-corrected chi connectivity index (χ0v) is 11.5. The van der Waals surface area contributed by atoms with E-state index in [4.69, 9.17) is 0 Å². The summed E-state index contributed by atoms with van der Waals surface area (Å²) in [5.74, 6) is 0.116. The van der Waals surface area contributed by atoms with Gasteiger partial charge in [-0.15, -0.1) is 0 Å². The van der Waals surface area contributed by atoms with E-state index in [1.807, 2.05) is 50.4 Å². The highest BCUT2D eigenvalue weighted by molar-refractivity contribution is 5.77. The largest absolute Gasteiger partial charge is 0.350 e. The molecule has 0 aliphatic carbocycles. The van der Waals surface area contributed by atoms with Crippen molar-refractivity contribution in [1.82, 2.24) is 9.88 Å². The Balaban J connectivity index is 2.00. The molecule has 0 saturated heterocycles. The lowest BCUT2D eigenvalue weighted by atomic mass is 10.2. The fourth-order valence-corrected chi connectivity index (χ4v) is 1.93. The first-order chi connectivity index (χ1) is 9.16. The van der Waals surface area contributed by atoms with Crippen molar-refractivity contribution in [2.45, 2.75) is 26.9 Å². The van der Waals surface area contributed by atoms with Gasteiger partial charge in [0, 0.05) is 24.4 Å². The summed E-state index contributed by atoms with van der Waals surface area (Å²) >= 11 is 0. The molecule has 0 saturated carbocycles. The Kier molecular flexibility index (Phi) is 4.39. The second-order valence-electron chi connectivity index (χ2n) is 4.99. The highest BCUT2D eigenvalue weighted by Crippen LogP contribution is 2.08. The van der Waals surface area contributed by atoms with Crippen molar-refractivity contribution < 1.29 is 4.79 Å². The molecule has 0 aliphatic heterocycles. The minimum absolute atomic E-state index is 0.0255. The maximum absolute atomic E-state index is 11.6. The number of amides is 1. The summed E-state index contributed by atoms with van der Waals surface area (Å²) in [6, 6.07) is 14.4. The van der Waals surface area contributed by atoms with Gasteiger partial charge in [-0.3, -0.25) is 4.79 Å². The lowest BCUT2D eigenvalue weighted by Crippen LogP contribution is -2.28. The summed E-state index contributed by atoms with van der Waals surface area (Å²) in [6.07, 6.45) is 2.05. The summed E-state index contributed by atoms with van der Waals surface area (Å²) in [4.78, 5) is 11.6. The molecule has 0 bridgehead atoms. The van der Waals surface area contributed by atoms with Crippen LogP contribution in [0.1, 0.15) is 25.1 Å². The Bertz CT molecular complexity index is 529. The van der Waals surface area contributed by atoms with E-state index < -0.39 is 0 Å². The van der Waals surface area contributed by atoms with Crippen LogP contribution >= 0.6 is 0 Å². The molecule has 1 aromatic heterocycles. The van der Waals surface area contributed by atoms with Crippen LogP contribution in [0.2, 0.25) is 0 Å². The van der Waals surface area contributed by atoms with Crippen molar-refractivity contribution in [3.05, 3.63) is 59.9 Å². The third kappa shape index (κ3) is 3.71. The molecule has 0 fully saturated rings. The van der Waals surface area contributed by atoms with Crippen molar-refractivity contribution in [2.75, 3.05) is 0 Å². The van der Waals surface area contributed by atoms with Crippen LogP contribution in [0.15, 0.2) is 48.7 Å². The Morgan fingerprint density at radius 2 is 1.89 bits per heavy atom. The van der Waals surface area contributed by atoms with E-state index in [2.05, 4.69) is 22.0 Å². The Morgan fingerprint density at radius 3 is 2.58 bits per heavy atom.